The fraction of sp³-hybridized carbons (Fsp3) is 0.143. The van der Waals surface area contributed by atoms with E-state index in [1.807, 2.05) is 0 Å². The van der Waals surface area contributed by atoms with Gasteiger partial charge in [-0.3, -0.25) is 0 Å². The average molecular weight is 197 g/mol. The highest BCUT2D eigenvalue weighted by molar-refractivity contribution is 6.58. The first-order valence-corrected chi connectivity index (χ1v) is 3.69. The van der Waals surface area contributed by atoms with E-state index in [1.165, 1.54) is 7.11 Å². The van der Waals surface area contributed by atoms with Crippen molar-refractivity contribution in [2.75, 3.05) is 7.11 Å². The topological polar surface area (TPSA) is 99.9 Å². The van der Waals surface area contributed by atoms with Crippen molar-refractivity contribution in [3.8, 4) is 5.88 Å². The summed E-state index contributed by atoms with van der Waals surface area (Å²) in [6.45, 7) is 0. The highest BCUT2D eigenvalue weighted by Gasteiger charge is 2.18. The summed E-state index contributed by atoms with van der Waals surface area (Å²) in [5.41, 5.74) is -0.207. The Kier molecular flexibility index (Phi) is 3.05. The van der Waals surface area contributed by atoms with Crippen molar-refractivity contribution < 1.29 is 24.7 Å². The first-order chi connectivity index (χ1) is 6.56. The van der Waals surface area contributed by atoms with Crippen LogP contribution in [0, 0.1) is 0 Å². The smallest absolute Gasteiger partial charge is 0.480 e. The Balaban J connectivity index is 3.21. The van der Waals surface area contributed by atoms with E-state index in [1.54, 1.807) is 0 Å². The van der Waals surface area contributed by atoms with E-state index < -0.39 is 13.1 Å². The normalized spacial score (nSPS) is 9.64. The zero-order valence-corrected chi connectivity index (χ0v) is 7.34. The zero-order chi connectivity index (χ0) is 10.7. The van der Waals surface area contributed by atoms with Crippen LogP contribution in [-0.2, 0) is 0 Å². The summed E-state index contributed by atoms with van der Waals surface area (Å²) in [7, 11) is -0.462. The molecule has 14 heavy (non-hydrogen) atoms. The maximum absolute atomic E-state index is 10.7. The molecule has 0 aliphatic carbocycles. The molecule has 0 unspecified atom stereocenters. The van der Waals surface area contributed by atoms with Gasteiger partial charge in [0.05, 0.1) is 7.11 Å². The van der Waals surface area contributed by atoms with Gasteiger partial charge in [0.1, 0.15) is 5.56 Å². The largest absolute Gasteiger partial charge is 0.490 e. The number of carboxylic acids is 1. The third-order valence-corrected chi connectivity index (χ3v) is 1.59. The molecule has 0 saturated heterocycles. The predicted octanol–water partition coefficient (Wildman–Crippen LogP) is -1.53. The van der Waals surface area contributed by atoms with Crippen LogP contribution >= 0.6 is 0 Å². The van der Waals surface area contributed by atoms with Crippen LogP contribution in [0.25, 0.3) is 0 Å². The second-order valence-electron chi connectivity index (χ2n) is 2.50. The van der Waals surface area contributed by atoms with E-state index in [0.29, 0.717) is 0 Å². The van der Waals surface area contributed by atoms with Crippen LogP contribution in [0.3, 0.4) is 0 Å². The summed E-state index contributed by atoms with van der Waals surface area (Å²) in [6, 6.07) is 1.10. The number of pyridine rings is 1. The maximum Gasteiger partial charge on any atom is 0.490 e. The highest BCUT2D eigenvalue weighted by Crippen LogP contribution is 2.11. The molecule has 3 N–H and O–H groups in total. The molecular formula is C7H8BNO5. The van der Waals surface area contributed by atoms with Gasteiger partial charge in [0.25, 0.3) is 0 Å². The van der Waals surface area contributed by atoms with Crippen LogP contribution in [0.5, 0.6) is 5.88 Å². The summed E-state index contributed by atoms with van der Waals surface area (Å²) in [5.74, 6) is -1.31. The van der Waals surface area contributed by atoms with Crippen molar-refractivity contribution in [1.82, 2.24) is 4.98 Å². The maximum atomic E-state index is 10.7. The Morgan fingerprint density at radius 2 is 2.21 bits per heavy atom. The van der Waals surface area contributed by atoms with Crippen LogP contribution in [0.4, 0.5) is 0 Å². The minimum atomic E-state index is -1.74. The number of rotatable bonds is 3. The number of ether oxygens (including phenoxy) is 1. The Morgan fingerprint density at radius 1 is 1.57 bits per heavy atom. The molecule has 6 nitrogen and oxygen atoms in total. The number of aromatic nitrogens is 1. The third kappa shape index (κ3) is 2.01. The van der Waals surface area contributed by atoms with Crippen LogP contribution in [0.1, 0.15) is 10.4 Å². The number of hydrogen-bond acceptors (Lipinski definition) is 5. The average Bonchev–Trinajstić information content (AvgIpc) is 2.16. The number of aromatic carboxylic acids is 1. The molecule has 74 valence electrons. The van der Waals surface area contributed by atoms with Crippen LogP contribution in [0.2, 0.25) is 0 Å². The van der Waals surface area contributed by atoms with Gasteiger partial charge in [-0.25, -0.2) is 9.78 Å². The fourth-order valence-electron chi connectivity index (χ4n) is 0.925. The molecule has 0 radical (unpaired) electrons. The SMILES string of the molecule is COc1ncc(B(O)O)cc1C(=O)O. The van der Waals surface area contributed by atoms with Crippen LogP contribution < -0.4 is 10.2 Å². The standard InChI is InChI=1S/C7H8BNO5/c1-14-6-5(7(10)11)2-4(3-9-6)8(12)13/h2-3,12-13H,1H3,(H,10,11). The Hall–Kier alpha value is -1.60. The minimum Gasteiger partial charge on any atom is -0.480 e. The van der Waals surface area contributed by atoms with Crippen LogP contribution in [0.15, 0.2) is 12.3 Å². The Bertz CT molecular complexity index is 354. The molecule has 0 aliphatic rings. The molecule has 1 heterocycles. The Labute approximate surface area is 79.9 Å². The lowest BCUT2D eigenvalue weighted by molar-refractivity contribution is 0.0692. The molecule has 0 aromatic carbocycles. The fourth-order valence-corrected chi connectivity index (χ4v) is 0.925. The number of carbonyl (C=O) groups is 1. The second kappa shape index (κ2) is 4.08. The summed E-state index contributed by atoms with van der Waals surface area (Å²) >= 11 is 0. The predicted molar refractivity (Wildman–Crippen MR) is 47.6 cm³/mol. The van der Waals surface area contributed by atoms with Gasteiger partial charge in [-0.15, -0.1) is 0 Å². The van der Waals surface area contributed by atoms with Crippen molar-refractivity contribution in [3.63, 3.8) is 0 Å². The van der Waals surface area contributed by atoms with Crippen molar-refractivity contribution in [2.45, 2.75) is 0 Å². The van der Waals surface area contributed by atoms with E-state index in [2.05, 4.69) is 9.72 Å². The van der Waals surface area contributed by atoms with Crippen molar-refractivity contribution in [1.29, 1.82) is 0 Å². The first-order valence-electron chi connectivity index (χ1n) is 3.69. The zero-order valence-electron chi connectivity index (χ0n) is 7.34. The number of carboxylic acid groups (broad SMARTS) is 1. The lowest BCUT2D eigenvalue weighted by atomic mass is 9.81. The van der Waals surface area contributed by atoms with E-state index >= 15 is 0 Å². The van der Waals surface area contributed by atoms with Crippen molar-refractivity contribution >= 4 is 18.6 Å². The monoisotopic (exact) mass is 197 g/mol. The van der Waals surface area contributed by atoms with Gasteiger partial charge < -0.3 is 19.9 Å². The molecule has 1 aromatic heterocycles. The molecule has 0 atom stereocenters. The van der Waals surface area contributed by atoms with Gasteiger partial charge in [-0.05, 0) is 6.07 Å². The molecule has 0 bridgehead atoms. The van der Waals surface area contributed by atoms with Gasteiger partial charge in [-0.1, -0.05) is 0 Å². The lowest BCUT2D eigenvalue weighted by Crippen LogP contribution is -2.31. The highest BCUT2D eigenvalue weighted by atomic mass is 16.5. The van der Waals surface area contributed by atoms with E-state index in [4.69, 9.17) is 15.2 Å². The van der Waals surface area contributed by atoms with Crippen molar-refractivity contribution in [3.05, 3.63) is 17.8 Å². The molecule has 7 heteroatoms. The summed E-state index contributed by atoms with van der Waals surface area (Å²) in [5, 5.41) is 26.3. The molecule has 0 fully saturated rings. The van der Waals surface area contributed by atoms with Gasteiger partial charge in [-0.2, -0.15) is 0 Å². The van der Waals surface area contributed by atoms with Crippen molar-refractivity contribution in [2.24, 2.45) is 0 Å². The third-order valence-electron chi connectivity index (χ3n) is 1.59. The van der Waals surface area contributed by atoms with Gasteiger partial charge in [0, 0.05) is 11.7 Å². The molecule has 0 aliphatic heterocycles. The Morgan fingerprint density at radius 3 is 2.64 bits per heavy atom. The first kappa shape index (κ1) is 10.5. The molecule has 0 amide bonds. The molecule has 1 rings (SSSR count). The summed E-state index contributed by atoms with van der Waals surface area (Å²) in [4.78, 5) is 14.3. The molecule has 1 aromatic rings. The summed E-state index contributed by atoms with van der Waals surface area (Å²) < 4.78 is 4.69. The molecule has 0 saturated carbocycles. The van der Waals surface area contributed by atoms with Gasteiger partial charge in [0.15, 0.2) is 0 Å². The van der Waals surface area contributed by atoms with E-state index in [9.17, 15) is 4.79 Å². The summed E-state index contributed by atoms with van der Waals surface area (Å²) in [6.07, 6.45) is 1.13. The van der Waals surface area contributed by atoms with Gasteiger partial charge in [0.2, 0.25) is 5.88 Å². The van der Waals surface area contributed by atoms with Crippen LogP contribution in [-0.4, -0.2) is 40.3 Å². The van der Waals surface area contributed by atoms with Gasteiger partial charge >= 0.3 is 13.1 Å². The minimum absolute atomic E-state index is 0.00296. The number of hydrogen-bond donors (Lipinski definition) is 3. The second-order valence-corrected chi connectivity index (χ2v) is 2.50. The lowest BCUT2D eigenvalue weighted by Gasteiger charge is -2.05. The van der Waals surface area contributed by atoms with E-state index in [0.717, 1.165) is 12.3 Å². The molecular weight excluding hydrogens is 189 g/mol. The van der Waals surface area contributed by atoms with E-state index in [-0.39, 0.29) is 16.9 Å². The quantitative estimate of drug-likeness (QED) is 0.508. The molecule has 0 spiro atoms. The number of methoxy groups -OCH3 is 1. The number of nitrogens with zero attached hydrogens (tertiary/aromatic N) is 1.